The summed E-state index contributed by atoms with van der Waals surface area (Å²) in [5.74, 6) is 0.718. The van der Waals surface area contributed by atoms with Crippen molar-refractivity contribution in [2.24, 2.45) is 0 Å². The summed E-state index contributed by atoms with van der Waals surface area (Å²) in [7, 11) is 0. The maximum absolute atomic E-state index is 12.0. The number of carbonyl (C=O) groups excluding carboxylic acids is 1. The molecule has 0 unspecified atom stereocenters. The van der Waals surface area contributed by atoms with E-state index in [1.807, 2.05) is 44.0 Å². The van der Waals surface area contributed by atoms with Crippen LogP contribution in [0.3, 0.4) is 0 Å². The first-order valence-electron chi connectivity index (χ1n) is 9.88. The summed E-state index contributed by atoms with van der Waals surface area (Å²) in [6.07, 6.45) is 3.47. The topological polar surface area (TPSA) is 88.9 Å². The number of nitriles is 1. The average molecular weight is 425 g/mol. The Kier molecular flexibility index (Phi) is 5.12. The minimum atomic E-state index is 0. The molecule has 156 valence electrons. The molecule has 1 amide bonds. The molecule has 3 aromatic heterocycles. The van der Waals surface area contributed by atoms with Crippen LogP contribution in [0.1, 0.15) is 33.3 Å². The Bertz CT molecular complexity index is 1170. The van der Waals surface area contributed by atoms with Gasteiger partial charge in [-0.15, -0.1) is 0 Å². The number of aryl methyl sites for hydroxylation is 1. The zero-order valence-electron chi connectivity index (χ0n) is 17.4. The van der Waals surface area contributed by atoms with E-state index in [0.717, 1.165) is 27.9 Å². The van der Waals surface area contributed by atoms with E-state index < -0.39 is 0 Å². The van der Waals surface area contributed by atoms with Crippen LogP contribution in [0.2, 0.25) is 5.02 Å². The highest BCUT2D eigenvalue weighted by molar-refractivity contribution is 6.31. The number of hydrogen-bond acceptors (Lipinski definition) is 5. The summed E-state index contributed by atoms with van der Waals surface area (Å²) in [4.78, 5) is 28.4. The van der Waals surface area contributed by atoms with E-state index in [0.29, 0.717) is 29.5 Å². The van der Waals surface area contributed by atoms with E-state index in [2.05, 4.69) is 20.9 Å². The van der Waals surface area contributed by atoms with Crippen molar-refractivity contribution in [1.82, 2.24) is 19.9 Å². The third-order valence-corrected chi connectivity index (χ3v) is 5.87. The first-order valence-corrected chi connectivity index (χ1v) is 10.3. The number of fused-ring (bicyclic) bond motifs is 1. The maximum Gasteiger partial charge on any atom is 0.220 e. The van der Waals surface area contributed by atoms with E-state index in [1.54, 1.807) is 13.1 Å². The zero-order chi connectivity index (χ0) is 21.6. The lowest BCUT2D eigenvalue weighted by Crippen LogP contribution is -2.58. The number of piperazine rings is 1. The van der Waals surface area contributed by atoms with Gasteiger partial charge in [0.25, 0.3) is 0 Å². The molecular formula is C22H25ClN6O. The average Bonchev–Trinajstić information content (AvgIpc) is 3.09. The predicted molar refractivity (Wildman–Crippen MR) is 120 cm³/mol. The zero-order valence-corrected chi connectivity index (χ0v) is 18.2. The van der Waals surface area contributed by atoms with Crippen molar-refractivity contribution in [2.75, 3.05) is 18.0 Å². The smallest absolute Gasteiger partial charge is 0.220 e. The van der Waals surface area contributed by atoms with Crippen LogP contribution in [0.5, 0.6) is 0 Å². The van der Waals surface area contributed by atoms with E-state index in [9.17, 15) is 10.1 Å². The Hall–Kier alpha value is -3.11. The normalized spacial score (nSPS) is 19.2. The van der Waals surface area contributed by atoms with Gasteiger partial charge in [-0.3, -0.25) is 4.79 Å². The molecule has 0 radical (unpaired) electrons. The molecule has 1 N–H and O–H groups in total. The molecule has 0 aromatic carbocycles. The molecule has 0 saturated carbocycles. The van der Waals surface area contributed by atoms with E-state index in [1.165, 1.54) is 0 Å². The second-order valence-electron chi connectivity index (χ2n) is 7.92. The van der Waals surface area contributed by atoms with Crippen LogP contribution in [-0.2, 0) is 4.79 Å². The maximum atomic E-state index is 12.0. The van der Waals surface area contributed by atoms with Gasteiger partial charge in [-0.05, 0) is 38.5 Å². The third kappa shape index (κ3) is 3.37. The van der Waals surface area contributed by atoms with E-state index in [-0.39, 0.29) is 19.4 Å². The monoisotopic (exact) mass is 424 g/mol. The summed E-state index contributed by atoms with van der Waals surface area (Å²) in [5.41, 5.74) is 3.79. The molecule has 1 fully saturated rings. The highest BCUT2D eigenvalue weighted by Crippen LogP contribution is 2.33. The molecule has 1 aliphatic heterocycles. The summed E-state index contributed by atoms with van der Waals surface area (Å²) in [5, 5.41) is 11.3. The second-order valence-corrected chi connectivity index (χ2v) is 8.35. The first kappa shape index (κ1) is 20.2. The van der Waals surface area contributed by atoms with Crippen LogP contribution in [-0.4, -0.2) is 50.9 Å². The number of nitrogens with zero attached hydrogens (tertiary/aromatic N) is 5. The number of nitrogens with one attached hydrogen (secondary N) is 1. The lowest BCUT2D eigenvalue weighted by molar-refractivity contribution is -0.133. The van der Waals surface area contributed by atoms with E-state index >= 15 is 0 Å². The largest absolute Gasteiger partial charge is 0.351 e. The molecule has 8 heteroatoms. The van der Waals surface area contributed by atoms with Crippen molar-refractivity contribution in [3.8, 4) is 17.3 Å². The Morgan fingerprint density at radius 2 is 2.03 bits per heavy atom. The van der Waals surface area contributed by atoms with Gasteiger partial charge in [0.1, 0.15) is 17.5 Å². The molecule has 0 aliphatic carbocycles. The number of aromatic amines is 1. The van der Waals surface area contributed by atoms with E-state index in [4.69, 9.17) is 16.6 Å². The van der Waals surface area contributed by atoms with Gasteiger partial charge in [0, 0.05) is 56.9 Å². The van der Waals surface area contributed by atoms with Crippen molar-refractivity contribution in [1.29, 1.82) is 5.26 Å². The molecule has 0 spiro atoms. The number of aromatic nitrogens is 3. The molecular weight excluding hydrogens is 400 g/mol. The van der Waals surface area contributed by atoms with Crippen molar-refractivity contribution >= 4 is 34.4 Å². The summed E-state index contributed by atoms with van der Waals surface area (Å²) in [6.45, 7) is 8.82. The van der Waals surface area contributed by atoms with Gasteiger partial charge in [-0.1, -0.05) is 11.6 Å². The highest BCUT2D eigenvalue weighted by atomic mass is 35.5. The minimum Gasteiger partial charge on any atom is -0.351 e. The molecule has 1 aliphatic rings. The summed E-state index contributed by atoms with van der Waals surface area (Å²) >= 11 is 6.16. The van der Waals surface area contributed by atoms with Crippen LogP contribution >= 0.6 is 11.6 Å². The van der Waals surface area contributed by atoms with Gasteiger partial charge in [0.2, 0.25) is 5.91 Å². The van der Waals surface area contributed by atoms with Gasteiger partial charge in [0.05, 0.1) is 16.3 Å². The molecule has 3 aromatic rings. The van der Waals surface area contributed by atoms with Gasteiger partial charge >= 0.3 is 0 Å². The van der Waals surface area contributed by atoms with Gasteiger partial charge in [-0.2, -0.15) is 5.26 Å². The fourth-order valence-corrected chi connectivity index (χ4v) is 4.62. The molecule has 2 atom stereocenters. The van der Waals surface area contributed by atoms with Crippen molar-refractivity contribution in [2.45, 2.75) is 39.8 Å². The van der Waals surface area contributed by atoms with Crippen LogP contribution in [0.4, 0.5) is 5.82 Å². The van der Waals surface area contributed by atoms with Crippen molar-refractivity contribution < 1.29 is 6.22 Å². The number of halogens is 1. The number of rotatable bonds is 2. The lowest BCUT2D eigenvalue weighted by Gasteiger charge is -2.44. The summed E-state index contributed by atoms with van der Waals surface area (Å²) < 4.78 is 0. The third-order valence-electron chi connectivity index (χ3n) is 5.67. The number of pyridine rings is 2. The van der Waals surface area contributed by atoms with Crippen LogP contribution in [0.15, 0.2) is 24.5 Å². The Labute approximate surface area is 181 Å². The number of carbonyl (C=O) groups is 1. The molecule has 4 heterocycles. The summed E-state index contributed by atoms with van der Waals surface area (Å²) in [6, 6.07) is 6.15. The molecule has 30 heavy (non-hydrogen) atoms. The number of anilines is 1. The van der Waals surface area contributed by atoms with Gasteiger partial charge in [0.15, 0.2) is 0 Å². The van der Waals surface area contributed by atoms with Gasteiger partial charge < -0.3 is 14.8 Å². The van der Waals surface area contributed by atoms with Gasteiger partial charge in [-0.25, -0.2) is 9.97 Å². The molecule has 1 saturated heterocycles. The number of amides is 1. The number of hydrogen-bond donors (Lipinski definition) is 1. The fraction of sp³-hybridized carbons (Fsp3) is 0.364. The fourth-order valence-electron chi connectivity index (χ4n) is 4.47. The standard InChI is InChI=1S/C22H23ClN6O.H2/c1-12-5-20(19-9-26-21-17(19)6-16(23)8-25-21)27-22(18(12)7-24)28-10-13(2)29(15(4)30)14(3)11-28;/h5-6,8-9,13-14H,10-11H2,1-4H3,(H,25,26);1H/t13-,14+;. The molecule has 0 bridgehead atoms. The van der Waals surface area contributed by atoms with Crippen molar-refractivity contribution in [3.05, 3.63) is 40.7 Å². The van der Waals surface area contributed by atoms with Crippen LogP contribution < -0.4 is 4.90 Å². The molecule has 7 nitrogen and oxygen atoms in total. The van der Waals surface area contributed by atoms with Crippen molar-refractivity contribution in [3.63, 3.8) is 0 Å². The van der Waals surface area contributed by atoms with Crippen LogP contribution in [0, 0.1) is 18.3 Å². The predicted octanol–water partition coefficient (Wildman–Crippen LogP) is 4.15. The SMILES string of the molecule is CC(=O)N1[C@H](C)CN(c2nc(-c3c[nH]c4ncc(Cl)cc34)cc(C)c2C#N)C[C@@H]1C.[HH]. The number of H-pyrrole nitrogens is 1. The Morgan fingerprint density at radius 1 is 1.33 bits per heavy atom. The lowest BCUT2D eigenvalue weighted by atomic mass is 10.0. The Balaban J connectivity index is 0.00000272. The quantitative estimate of drug-likeness (QED) is 0.667. The molecule has 4 rings (SSSR count). The second kappa shape index (κ2) is 7.62. The van der Waals surface area contributed by atoms with Crippen LogP contribution in [0.25, 0.3) is 22.3 Å². The minimum absolute atomic E-state index is 0. The Morgan fingerprint density at radius 3 is 2.67 bits per heavy atom. The first-order chi connectivity index (χ1) is 14.3. The highest BCUT2D eigenvalue weighted by Gasteiger charge is 2.33.